The lowest BCUT2D eigenvalue weighted by Crippen LogP contribution is -2.17. The normalized spacial score (nSPS) is 10.5. The summed E-state index contributed by atoms with van der Waals surface area (Å²) < 4.78 is 5.31. The summed E-state index contributed by atoms with van der Waals surface area (Å²) in [6.07, 6.45) is 3.01. The van der Waals surface area contributed by atoms with E-state index in [-0.39, 0.29) is 16.9 Å². The van der Waals surface area contributed by atoms with Gasteiger partial charge in [0.1, 0.15) is 23.5 Å². The van der Waals surface area contributed by atoms with Crippen LogP contribution < -0.4 is 10.6 Å². The standard InChI is InChI=1S/C14H17Cl2N7O/c1-2-24-6-5-19-12-11(9(17)7-15)22-14(16)23-13(12)21-10-3-4-18-8-20-10/h3-4,8,17,19H,2,5-7H2,1H3,(H,18,20,21,22,23). The molecule has 10 heteroatoms. The number of anilines is 3. The van der Waals surface area contributed by atoms with Crippen LogP contribution in [0.1, 0.15) is 12.6 Å². The minimum atomic E-state index is 0.000426. The van der Waals surface area contributed by atoms with Crippen molar-refractivity contribution in [1.82, 2.24) is 19.9 Å². The Morgan fingerprint density at radius 2 is 2.21 bits per heavy atom. The zero-order valence-corrected chi connectivity index (χ0v) is 14.5. The molecule has 0 saturated carbocycles. The van der Waals surface area contributed by atoms with Gasteiger partial charge in [0.25, 0.3) is 0 Å². The van der Waals surface area contributed by atoms with Crippen LogP contribution in [0.25, 0.3) is 0 Å². The molecule has 0 radical (unpaired) electrons. The van der Waals surface area contributed by atoms with Gasteiger partial charge in [-0.3, -0.25) is 0 Å². The van der Waals surface area contributed by atoms with E-state index < -0.39 is 0 Å². The molecule has 2 aromatic rings. The van der Waals surface area contributed by atoms with Crippen LogP contribution in [-0.4, -0.2) is 51.3 Å². The summed E-state index contributed by atoms with van der Waals surface area (Å²) in [5, 5.41) is 14.2. The Morgan fingerprint density at radius 1 is 1.38 bits per heavy atom. The number of hydrogen-bond acceptors (Lipinski definition) is 8. The monoisotopic (exact) mass is 369 g/mol. The number of hydrogen-bond donors (Lipinski definition) is 3. The first-order chi connectivity index (χ1) is 11.7. The number of nitrogens with zero attached hydrogens (tertiary/aromatic N) is 4. The van der Waals surface area contributed by atoms with Crippen molar-refractivity contribution in [2.24, 2.45) is 0 Å². The second-order valence-corrected chi connectivity index (χ2v) is 5.13. The Labute approximate surface area is 149 Å². The molecule has 2 rings (SSSR count). The fourth-order valence-corrected chi connectivity index (χ4v) is 2.15. The van der Waals surface area contributed by atoms with Crippen molar-refractivity contribution in [3.8, 4) is 0 Å². The molecule has 24 heavy (non-hydrogen) atoms. The molecule has 2 aromatic heterocycles. The van der Waals surface area contributed by atoms with Gasteiger partial charge in [0, 0.05) is 19.3 Å². The average molecular weight is 370 g/mol. The molecule has 0 saturated heterocycles. The maximum Gasteiger partial charge on any atom is 0.225 e. The molecule has 0 aliphatic carbocycles. The quantitative estimate of drug-likeness (QED) is 0.270. The number of ether oxygens (including phenoxy) is 1. The van der Waals surface area contributed by atoms with Crippen molar-refractivity contribution in [3.05, 3.63) is 29.6 Å². The van der Waals surface area contributed by atoms with Crippen molar-refractivity contribution >= 4 is 46.2 Å². The highest BCUT2D eigenvalue weighted by molar-refractivity contribution is 6.32. The lowest BCUT2D eigenvalue weighted by atomic mass is 10.2. The molecule has 0 unspecified atom stereocenters. The zero-order valence-electron chi connectivity index (χ0n) is 13.0. The van der Waals surface area contributed by atoms with E-state index in [0.717, 1.165) is 0 Å². The molecule has 0 aliphatic rings. The van der Waals surface area contributed by atoms with Crippen LogP contribution in [0.3, 0.4) is 0 Å². The van der Waals surface area contributed by atoms with Crippen LogP contribution in [0, 0.1) is 5.41 Å². The Kier molecular flexibility index (Phi) is 7.10. The van der Waals surface area contributed by atoms with Crippen LogP contribution in [0.4, 0.5) is 17.3 Å². The van der Waals surface area contributed by atoms with Crippen LogP contribution in [-0.2, 0) is 4.74 Å². The number of nitrogens with one attached hydrogen (secondary N) is 3. The summed E-state index contributed by atoms with van der Waals surface area (Å²) in [5.74, 6) is 0.937. The molecule has 0 amide bonds. The van der Waals surface area contributed by atoms with E-state index in [1.54, 1.807) is 12.3 Å². The van der Waals surface area contributed by atoms with Crippen molar-refractivity contribution in [2.75, 3.05) is 36.3 Å². The van der Waals surface area contributed by atoms with Gasteiger partial charge in [-0.05, 0) is 24.6 Å². The van der Waals surface area contributed by atoms with E-state index in [1.165, 1.54) is 6.33 Å². The highest BCUT2D eigenvalue weighted by Gasteiger charge is 2.17. The SMILES string of the molecule is CCOCCNc1c(Nc2ccncn2)nc(Cl)nc1C(=N)CCl. The van der Waals surface area contributed by atoms with Crippen LogP contribution in [0.2, 0.25) is 5.28 Å². The Bertz CT molecular complexity index is 684. The lowest BCUT2D eigenvalue weighted by molar-refractivity contribution is 0.158. The van der Waals surface area contributed by atoms with E-state index in [9.17, 15) is 0 Å². The summed E-state index contributed by atoms with van der Waals surface area (Å²) in [6, 6.07) is 1.69. The number of rotatable bonds is 9. The number of aromatic nitrogens is 4. The first kappa shape index (κ1) is 18.3. The van der Waals surface area contributed by atoms with Crippen molar-refractivity contribution in [3.63, 3.8) is 0 Å². The van der Waals surface area contributed by atoms with E-state index in [4.69, 9.17) is 33.3 Å². The van der Waals surface area contributed by atoms with Gasteiger partial charge >= 0.3 is 0 Å². The molecule has 2 heterocycles. The summed E-state index contributed by atoms with van der Waals surface area (Å²) in [7, 11) is 0. The highest BCUT2D eigenvalue weighted by atomic mass is 35.5. The highest BCUT2D eigenvalue weighted by Crippen LogP contribution is 2.27. The maximum absolute atomic E-state index is 8.00. The van der Waals surface area contributed by atoms with Crippen molar-refractivity contribution in [1.29, 1.82) is 5.41 Å². The van der Waals surface area contributed by atoms with E-state index in [0.29, 0.717) is 42.8 Å². The minimum absolute atomic E-state index is 0.000426. The lowest BCUT2D eigenvalue weighted by Gasteiger charge is -2.16. The molecule has 0 fully saturated rings. The predicted octanol–water partition coefficient (Wildman–Crippen LogP) is 2.72. The Balaban J connectivity index is 2.34. The number of alkyl halides is 1. The van der Waals surface area contributed by atoms with E-state index in [2.05, 4.69) is 30.6 Å². The van der Waals surface area contributed by atoms with Crippen molar-refractivity contribution in [2.45, 2.75) is 6.92 Å². The zero-order chi connectivity index (χ0) is 17.4. The second kappa shape index (κ2) is 9.31. The molecule has 0 aromatic carbocycles. The predicted molar refractivity (Wildman–Crippen MR) is 94.9 cm³/mol. The average Bonchev–Trinajstić information content (AvgIpc) is 2.60. The molecule has 128 valence electrons. The molecule has 0 bridgehead atoms. The fraction of sp³-hybridized carbons (Fsp3) is 0.357. The molecule has 0 atom stereocenters. The molecular formula is C14H17Cl2N7O. The summed E-state index contributed by atoms with van der Waals surface area (Å²) in [5.41, 5.74) is 0.979. The minimum Gasteiger partial charge on any atom is -0.380 e. The third-order valence-electron chi connectivity index (χ3n) is 2.88. The largest absolute Gasteiger partial charge is 0.380 e. The van der Waals surface area contributed by atoms with E-state index in [1.807, 2.05) is 6.92 Å². The second-order valence-electron chi connectivity index (χ2n) is 4.52. The van der Waals surface area contributed by atoms with Gasteiger partial charge in [0.15, 0.2) is 5.82 Å². The molecule has 8 nitrogen and oxygen atoms in total. The third kappa shape index (κ3) is 4.98. The third-order valence-corrected chi connectivity index (χ3v) is 3.32. The topological polar surface area (TPSA) is 109 Å². The van der Waals surface area contributed by atoms with Gasteiger partial charge in [0.05, 0.1) is 18.2 Å². The Hall–Kier alpha value is -2.03. The number of halogens is 2. The van der Waals surface area contributed by atoms with Crippen molar-refractivity contribution < 1.29 is 4.74 Å². The smallest absolute Gasteiger partial charge is 0.225 e. The molecule has 0 aliphatic heterocycles. The van der Waals surface area contributed by atoms with Gasteiger partial charge in [-0.25, -0.2) is 15.0 Å². The van der Waals surface area contributed by atoms with Crippen LogP contribution in [0.15, 0.2) is 18.6 Å². The van der Waals surface area contributed by atoms with Crippen LogP contribution in [0.5, 0.6) is 0 Å². The van der Waals surface area contributed by atoms with Gasteiger partial charge in [-0.1, -0.05) is 0 Å². The fourth-order valence-electron chi connectivity index (χ4n) is 1.85. The van der Waals surface area contributed by atoms with Gasteiger partial charge < -0.3 is 20.8 Å². The first-order valence-corrected chi connectivity index (χ1v) is 8.12. The van der Waals surface area contributed by atoms with E-state index >= 15 is 0 Å². The van der Waals surface area contributed by atoms with Gasteiger partial charge in [0.2, 0.25) is 5.28 Å². The van der Waals surface area contributed by atoms with Gasteiger partial charge in [-0.15, -0.1) is 11.6 Å². The van der Waals surface area contributed by atoms with Gasteiger partial charge in [-0.2, -0.15) is 4.98 Å². The molecule has 0 spiro atoms. The summed E-state index contributed by atoms with van der Waals surface area (Å²) >= 11 is 11.8. The summed E-state index contributed by atoms with van der Waals surface area (Å²) in [6.45, 7) is 3.55. The first-order valence-electron chi connectivity index (χ1n) is 7.21. The van der Waals surface area contributed by atoms with Crippen LogP contribution >= 0.6 is 23.2 Å². The molecule has 3 N–H and O–H groups in total. The Morgan fingerprint density at radius 3 is 2.88 bits per heavy atom. The maximum atomic E-state index is 8.00. The summed E-state index contributed by atoms with van der Waals surface area (Å²) in [4.78, 5) is 16.3. The molecular weight excluding hydrogens is 353 g/mol.